The molecule has 0 atom stereocenters. The molecule has 16 heavy (non-hydrogen) atoms. The van der Waals surface area contributed by atoms with Gasteiger partial charge in [0.1, 0.15) is 6.61 Å². The Morgan fingerprint density at radius 3 is 2.75 bits per heavy atom. The van der Waals surface area contributed by atoms with E-state index in [0.29, 0.717) is 6.61 Å². The number of oxime groups is 1. The van der Waals surface area contributed by atoms with E-state index in [-0.39, 0.29) is 0 Å². The molecular formula is C13H12N2O. The maximum atomic E-state index is 5.17. The van der Waals surface area contributed by atoms with Crippen molar-refractivity contribution in [2.24, 2.45) is 5.16 Å². The van der Waals surface area contributed by atoms with Crippen molar-refractivity contribution in [1.82, 2.24) is 4.98 Å². The third kappa shape index (κ3) is 3.20. The van der Waals surface area contributed by atoms with Gasteiger partial charge in [0, 0.05) is 18.0 Å². The van der Waals surface area contributed by atoms with Crippen molar-refractivity contribution in [3.63, 3.8) is 0 Å². The molecule has 0 aliphatic heterocycles. The average Bonchev–Trinajstić information content (AvgIpc) is 2.37. The molecule has 1 aromatic carbocycles. The molecule has 2 aromatic rings. The summed E-state index contributed by atoms with van der Waals surface area (Å²) in [5.41, 5.74) is 2.03. The number of hydrogen-bond acceptors (Lipinski definition) is 3. The number of nitrogens with zero attached hydrogens (tertiary/aromatic N) is 2. The smallest absolute Gasteiger partial charge is 0.142 e. The fraction of sp³-hybridized carbons (Fsp3) is 0.0769. The highest BCUT2D eigenvalue weighted by atomic mass is 16.6. The predicted molar refractivity (Wildman–Crippen MR) is 63.1 cm³/mol. The van der Waals surface area contributed by atoms with Crippen molar-refractivity contribution < 1.29 is 4.84 Å². The lowest BCUT2D eigenvalue weighted by Gasteiger charge is -1.98. The standard InChI is InChI=1S/C13H12N2O/c1-2-5-12(6-3-1)11-16-15-10-13-7-4-8-14-9-13/h1-10H,11H2. The first-order valence-electron chi connectivity index (χ1n) is 5.04. The van der Waals surface area contributed by atoms with Crippen LogP contribution in [0.5, 0.6) is 0 Å². The number of pyridine rings is 1. The molecule has 0 bridgehead atoms. The third-order valence-corrected chi connectivity index (χ3v) is 2.03. The van der Waals surface area contributed by atoms with E-state index in [9.17, 15) is 0 Å². The zero-order chi connectivity index (χ0) is 11.1. The fourth-order valence-electron chi connectivity index (χ4n) is 1.24. The number of rotatable bonds is 4. The van der Waals surface area contributed by atoms with E-state index in [2.05, 4.69) is 10.1 Å². The van der Waals surface area contributed by atoms with Crippen LogP contribution in [0.4, 0.5) is 0 Å². The van der Waals surface area contributed by atoms with Gasteiger partial charge in [0.15, 0.2) is 0 Å². The first-order valence-corrected chi connectivity index (χ1v) is 5.04. The van der Waals surface area contributed by atoms with E-state index in [1.807, 2.05) is 42.5 Å². The molecule has 0 N–H and O–H groups in total. The Morgan fingerprint density at radius 1 is 1.12 bits per heavy atom. The van der Waals surface area contributed by atoms with E-state index in [1.54, 1.807) is 18.6 Å². The molecule has 1 aromatic heterocycles. The Hall–Kier alpha value is -2.16. The minimum atomic E-state index is 0.484. The van der Waals surface area contributed by atoms with Crippen LogP contribution < -0.4 is 0 Å². The zero-order valence-electron chi connectivity index (χ0n) is 8.78. The SMILES string of the molecule is C(=NOCc1ccccc1)c1cccnc1. The maximum Gasteiger partial charge on any atom is 0.142 e. The lowest BCUT2D eigenvalue weighted by Crippen LogP contribution is -1.87. The summed E-state index contributed by atoms with van der Waals surface area (Å²) in [4.78, 5) is 9.14. The second kappa shape index (κ2) is 5.66. The van der Waals surface area contributed by atoms with Gasteiger partial charge in [-0.2, -0.15) is 0 Å². The van der Waals surface area contributed by atoms with Crippen LogP contribution in [-0.4, -0.2) is 11.2 Å². The summed E-state index contributed by atoms with van der Waals surface area (Å²) in [5, 5.41) is 3.87. The Kier molecular flexibility index (Phi) is 3.66. The Balaban J connectivity index is 1.83. The van der Waals surface area contributed by atoms with E-state index in [4.69, 9.17) is 4.84 Å². The van der Waals surface area contributed by atoms with Crippen molar-refractivity contribution in [2.75, 3.05) is 0 Å². The van der Waals surface area contributed by atoms with E-state index in [0.717, 1.165) is 11.1 Å². The van der Waals surface area contributed by atoms with Crippen LogP contribution in [0.2, 0.25) is 0 Å². The van der Waals surface area contributed by atoms with Gasteiger partial charge in [-0.1, -0.05) is 41.6 Å². The molecule has 0 amide bonds. The van der Waals surface area contributed by atoms with Crippen molar-refractivity contribution in [2.45, 2.75) is 6.61 Å². The largest absolute Gasteiger partial charge is 0.391 e. The fourth-order valence-corrected chi connectivity index (χ4v) is 1.24. The van der Waals surface area contributed by atoms with Crippen molar-refractivity contribution in [1.29, 1.82) is 0 Å². The predicted octanol–water partition coefficient (Wildman–Crippen LogP) is 2.63. The number of aromatic nitrogens is 1. The summed E-state index contributed by atoms with van der Waals surface area (Å²) in [7, 11) is 0. The highest BCUT2D eigenvalue weighted by Crippen LogP contribution is 2.00. The van der Waals surface area contributed by atoms with Gasteiger partial charge in [0.05, 0.1) is 6.21 Å². The summed E-state index contributed by atoms with van der Waals surface area (Å²) < 4.78 is 0. The van der Waals surface area contributed by atoms with E-state index >= 15 is 0 Å². The van der Waals surface area contributed by atoms with E-state index in [1.165, 1.54) is 0 Å². The second-order valence-corrected chi connectivity index (χ2v) is 3.28. The monoisotopic (exact) mass is 212 g/mol. The van der Waals surface area contributed by atoms with Crippen LogP contribution in [0.3, 0.4) is 0 Å². The molecule has 3 nitrogen and oxygen atoms in total. The summed E-state index contributed by atoms with van der Waals surface area (Å²) in [5.74, 6) is 0. The number of hydrogen-bond donors (Lipinski definition) is 0. The van der Waals surface area contributed by atoms with Crippen LogP contribution in [0.1, 0.15) is 11.1 Å². The molecular weight excluding hydrogens is 200 g/mol. The van der Waals surface area contributed by atoms with E-state index < -0.39 is 0 Å². The highest BCUT2D eigenvalue weighted by molar-refractivity contribution is 5.78. The highest BCUT2D eigenvalue weighted by Gasteiger charge is 1.89. The molecule has 1 heterocycles. The first kappa shape index (κ1) is 10.4. The van der Waals surface area contributed by atoms with Gasteiger partial charge in [-0.3, -0.25) is 4.98 Å². The van der Waals surface area contributed by atoms with Gasteiger partial charge >= 0.3 is 0 Å². The van der Waals surface area contributed by atoms with Crippen LogP contribution >= 0.6 is 0 Å². The van der Waals surface area contributed by atoms with Crippen molar-refractivity contribution >= 4 is 6.21 Å². The molecule has 0 aliphatic carbocycles. The second-order valence-electron chi connectivity index (χ2n) is 3.28. The molecule has 3 heteroatoms. The molecule has 0 spiro atoms. The third-order valence-electron chi connectivity index (χ3n) is 2.03. The molecule has 0 saturated heterocycles. The van der Waals surface area contributed by atoms with Crippen molar-refractivity contribution in [3.05, 3.63) is 66.0 Å². The Labute approximate surface area is 94.4 Å². The average molecular weight is 212 g/mol. The van der Waals surface area contributed by atoms with Gasteiger partial charge in [0.2, 0.25) is 0 Å². The van der Waals surface area contributed by atoms with Crippen LogP contribution in [0.15, 0.2) is 60.0 Å². The molecule has 0 saturated carbocycles. The normalized spacial score (nSPS) is 10.5. The zero-order valence-corrected chi connectivity index (χ0v) is 8.78. The maximum absolute atomic E-state index is 5.17. The quantitative estimate of drug-likeness (QED) is 0.576. The van der Waals surface area contributed by atoms with Crippen LogP contribution in [0, 0.1) is 0 Å². The van der Waals surface area contributed by atoms with Gasteiger partial charge in [-0.25, -0.2) is 0 Å². The van der Waals surface area contributed by atoms with Gasteiger partial charge in [-0.05, 0) is 11.6 Å². The first-order chi connectivity index (χ1) is 7.95. The van der Waals surface area contributed by atoms with Crippen LogP contribution in [0.25, 0.3) is 0 Å². The summed E-state index contributed by atoms with van der Waals surface area (Å²) in [6, 6.07) is 13.7. The summed E-state index contributed by atoms with van der Waals surface area (Å²) in [6.07, 6.45) is 5.10. The lowest BCUT2D eigenvalue weighted by molar-refractivity contribution is 0.132. The summed E-state index contributed by atoms with van der Waals surface area (Å²) >= 11 is 0. The molecule has 0 fully saturated rings. The topological polar surface area (TPSA) is 34.5 Å². The molecule has 80 valence electrons. The van der Waals surface area contributed by atoms with Gasteiger partial charge < -0.3 is 4.84 Å². The molecule has 0 unspecified atom stereocenters. The Morgan fingerprint density at radius 2 is 2.00 bits per heavy atom. The molecule has 0 radical (unpaired) electrons. The minimum absolute atomic E-state index is 0.484. The molecule has 2 rings (SSSR count). The van der Waals surface area contributed by atoms with Crippen LogP contribution in [-0.2, 0) is 11.4 Å². The minimum Gasteiger partial charge on any atom is -0.391 e. The van der Waals surface area contributed by atoms with Gasteiger partial charge in [0.25, 0.3) is 0 Å². The molecule has 0 aliphatic rings. The lowest BCUT2D eigenvalue weighted by atomic mass is 10.2. The summed E-state index contributed by atoms with van der Waals surface area (Å²) in [6.45, 7) is 0.484. The van der Waals surface area contributed by atoms with Gasteiger partial charge in [-0.15, -0.1) is 0 Å². The van der Waals surface area contributed by atoms with Crippen molar-refractivity contribution in [3.8, 4) is 0 Å². The number of benzene rings is 1. The Bertz CT molecular complexity index is 440.